The minimum Gasteiger partial charge on any atom is -0.466 e. The number of rotatable bonds is 11. The number of ether oxygens (including phenoxy) is 1. The van der Waals surface area contributed by atoms with E-state index in [-0.39, 0.29) is 46.2 Å². The molecule has 0 saturated heterocycles. The van der Waals surface area contributed by atoms with Crippen LogP contribution in [0.3, 0.4) is 0 Å². The summed E-state index contributed by atoms with van der Waals surface area (Å²) < 4.78 is 56.6. The SMILES string of the molecule is CCOC(=O)CCC(C)C(CS(=O)(=O)c1ccccc1)CS(=O)(=O)c1ccccc1. The van der Waals surface area contributed by atoms with Crippen molar-refractivity contribution >= 4 is 25.6 Å². The summed E-state index contributed by atoms with van der Waals surface area (Å²) in [6, 6.07) is 16.0. The van der Waals surface area contributed by atoms with E-state index in [0.29, 0.717) is 6.42 Å². The molecule has 1 atom stereocenters. The fourth-order valence-corrected chi connectivity index (χ4v) is 6.90. The van der Waals surface area contributed by atoms with Gasteiger partial charge in [0.05, 0.1) is 27.9 Å². The smallest absolute Gasteiger partial charge is 0.305 e. The summed E-state index contributed by atoms with van der Waals surface area (Å²) in [5.41, 5.74) is 0. The minimum absolute atomic E-state index is 0.113. The summed E-state index contributed by atoms with van der Waals surface area (Å²) in [6.07, 6.45) is 0.459. The van der Waals surface area contributed by atoms with Crippen molar-refractivity contribution in [1.29, 1.82) is 0 Å². The van der Waals surface area contributed by atoms with Gasteiger partial charge in [0.25, 0.3) is 0 Å². The molecular formula is C22H28O6S2. The Kier molecular flexibility index (Phi) is 8.61. The van der Waals surface area contributed by atoms with Crippen molar-refractivity contribution in [2.45, 2.75) is 36.5 Å². The lowest BCUT2D eigenvalue weighted by molar-refractivity contribution is -0.143. The lowest BCUT2D eigenvalue weighted by atomic mass is 9.93. The van der Waals surface area contributed by atoms with Crippen LogP contribution in [0.4, 0.5) is 0 Å². The molecule has 0 aliphatic carbocycles. The first kappa shape index (κ1) is 24.1. The van der Waals surface area contributed by atoms with Crippen LogP contribution in [0.1, 0.15) is 26.7 Å². The number of carbonyl (C=O) groups is 1. The van der Waals surface area contributed by atoms with Crippen molar-refractivity contribution in [3.63, 3.8) is 0 Å². The third-order valence-electron chi connectivity index (χ3n) is 4.99. The van der Waals surface area contributed by atoms with Gasteiger partial charge in [-0.1, -0.05) is 43.3 Å². The van der Waals surface area contributed by atoms with E-state index in [0.717, 1.165) is 0 Å². The van der Waals surface area contributed by atoms with Crippen LogP contribution in [0.5, 0.6) is 0 Å². The Morgan fingerprint density at radius 1 is 0.833 bits per heavy atom. The zero-order valence-corrected chi connectivity index (χ0v) is 18.9. The first-order valence-corrected chi connectivity index (χ1v) is 13.2. The van der Waals surface area contributed by atoms with Crippen LogP contribution < -0.4 is 0 Å². The van der Waals surface area contributed by atoms with Crippen molar-refractivity contribution < 1.29 is 26.4 Å². The van der Waals surface area contributed by atoms with Crippen molar-refractivity contribution in [3.8, 4) is 0 Å². The zero-order valence-electron chi connectivity index (χ0n) is 17.2. The average Bonchev–Trinajstić information content (AvgIpc) is 2.73. The molecule has 0 aliphatic rings. The van der Waals surface area contributed by atoms with Crippen LogP contribution in [0.25, 0.3) is 0 Å². The number of carbonyl (C=O) groups excluding carboxylic acids is 1. The Bertz CT molecular complexity index is 944. The second-order valence-corrected chi connectivity index (χ2v) is 11.3. The van der Waals surface area contributed by atoms with Gasteiger partial charge in [0.2, 0.25) is 0 Å². The number of benzene rings is 2. The quantitative estimate of drug-likeness (QED) is 0.484. The van der Waals surface area contributed by atoms with Crippen LogP contribution >= 0.6 is 0 Å². The molecule has 6 nitrogen and oxygen atoms in total. The lowest BCUT2D eigenvalue weighted by Gasteiger charge is -2.24. The van der Waals surface area contributed by atoms with Crippen molar-refractivity contribution in [3.05, 3.63) is 60.7 Å². The van der Waals surface area contributed by atoms with Crippen molar-refractivity contribution in [1.82, 2.24) is 0 Å². The van der Waals surface area contributed by atoms with Crippen LogP contribution in [0.15, 0.2) is 70.5 Å². The van der Waals surface area contributed by atoms with Gasteiger partial charge in [-0.15, -0.1) is 0 Å². The second kappa shape index (κ2) is 10.7. The lowest BCUT2D eigenvalue weighted by Crippen LogP contribution is -2.30. The zero-order chi connectivity index (χ0) is 22.2. The molecule has 164 valence electrons. The molecule has 1 unspecified atom stereocenters. The van der Waals surface area contributed by atoms with Gasteiger partial charge in [-0.3, -0.25) is 4.79 Å². The van der Waals surface area contributed by atoms with Crippen LogP contribution in [0, 0.1) is 11.8 Å². The normalized spacial score (nSPS) is 13.2. The molecule has 0 fully saturated rings. The van der Waals surface area contributed by atoms with E-state index >= 15 is 0 Å². The molecule has 2 aromatic rings. The third kappa shape index (κ3) is 6.95. The van der Waals surface area contributed by atoms with Gasteiger partial charge in [0, 0.05) is 6.42 Å². The van der Waals surface area contributed by atoms with Gasteiger partial charge in [-0.2, -0.15) is 0 Å². The number of hydrogen-bond donors (Lipinski definition) is 0. The summed E-state index contributed by atoms with van der Waals surface area (Å²) in [5.74, 6) is -1.98. The monoisotopic (exact) mass is 452 g/mol. The molecule has 0 amide bonds. The van der Waals surface area contributed by atoms with Gasteiger partial charge in [-0.25, -0.2) is 16.8 Å². The molecule has 2 aromatic carbocycles. The Morgan fingerprint density at radius 3 is 1.67 bits per heavy atom. The molecule has 0 aliphatic heterocycles. The maximum absolute atomic E-state index is 12.9. The van der Waals surface area contributed by atoms with Gasteiger partial charge >= 0.3 is 5.97 Å². The molecular weight excluding hydrogens is 424 g/mol. The molecule has 0 N–H and O–H groups in total. The predicted molar refractivity (Wildman–Crippen MR) is 116 cm³/mol. The van der Waals surface area contributed by atoms with E-state index in [1.54, 1.807) is 50.2 Å². The van der Waals surface area contributed by atoms with Crippen LogP contribution in [-0.4, -0.2) is 40.9 Å². The topological polar surface area (TPSA) is 94.6 Å². The minimum atomic E-state index is -3.69. The highest BCUT2D eigenvalue weighted by atomic mass is 32.2. The molecule has 0 radical (unpaired) electrons. The fourth-order valence-electron chi connectivity index (χ4n) is 3.20. The van der Waals surface area contributed by atoms with E-state index < -0.39 is 25.6 Å². The summed E-state index contributed by atoms with van der Waals surface area (Å²) >= 11 is 0. The Hall–Kier alpha value is -2.19. The third-order valence-corrected chi connectivity index (χ3v) is 8.70. The van der Waals surface area contributed by atoms with Crippen LogP contribution in [0.2, 0.25) is 0 Å². The number of hydrogen-bond acceptors (Lipinski definition) is 6. The molecule has 0 spiro atoms. The van der Waals surface area contributed by atoms with Crippen LogP contribution in [-0.2, 0) is 29.2 Å². The summed E-state index contributed by atoms with van der Waals surface area (Å²) in [7, 11) is -7.38. The van der Waals surface area contributed by atoms with Gasteiger partial charge < -0.3 is 4.74 Å². The average molecular weight is 453 g/mol. The maximum Gasteiger partial charge on any atom is 0.305 e. The standard InChI is InChI=1S/C22H28O6S2/c1-3-28-22(23)15-14-18(2)19(16-29(24,25)20-10-6-4-7-11-20)17-30(26,27)21-12-8-5-9-13-21/h4-13,18-19H,3,14-17H2,1-2H3. The molecule has 2 rings (SSSR count). The first-order valence-electron chi connectivity index (χ1n) is 9.87. The van der Waals surface area contributed by atoms with Gasteiger partial charge in [-0.05, 0) is 49.4 Å². The van der Waals surface area contributed by atoms with Crippen molar-refractivity contribution in [2.24, 2.45) is 11.8 Å². The maximum atomic E-state index is 12.9. The number of esters is 1. The molecule has 0 aromatic heterocycles. The van der Waals surface area contributed by atoms with E-state index in [1.165, 1.54) is 24.3 Å². The largest absolute Gasteiger partial charge is 0.466 e. The Morgan fingerprint density at radius 2 is 1.27 bits per heavy atom. The summed E-state index contributed by atoms with van der Waals surface area (Å²) in [6.45, 7) is 3.76. The van der Waals surface area contributed by atoms with Gasteiger partial charge in [0.1, 0.15) is 0 Å². The second-order valence-electron chi connectivity index (χ2n) is 7.27. The van der Waals surface area contributed by atoms with E-state index in [4.69, 9.17) is 4.74 Å². The van der Waals surface area contributed by atoms with Gasteiger partial charge in [0.15, 0.2) is 19.7 Å². The Balaban J connectivity index is 2.26. The molecule has 8 heteroatoms. The first-order chi connectivity index (χ1) is 14.2. The molecule has 0 saturated carbocycles. The van der Waals surface area contributed by atoms with E-state index in [1.807, 2.05) is 0 Å². The fraction of sp³-hybridized carbons (Fsp3) is 0.409. The number of sulfone groups is 2. The Labute approximate surface area is 179 Å². The van der Waals surface area contributed by atoms with E-state index in [2.05, 4.69) is 0 Å². The summed E-state index contributed by atoms with van der Waals surface area (Å²) in [5, 5.41) is 0. The van der Waals surface area contributed by atoms with Crippen molar-refractivity contribution in [2.75, 3.05) is 18.1 Å². The molecule has 0 heterocycles. The summed E-state index contributed by atoms with van der Waals surface area (Å²) in [4.78, 5) is 12.0. The predicted octanol–water partition coefficient (Wildman–Crippen LogP) is 3.53. The highest BCUT2D eigenvalue weighted by Crippen LogP contribution is 2.26. The highest BCUT2D eigenvalue weighted by molar-refractivity contribution is 7.92. The van der Waals surface area contributed by atoms with E-state index in [9.17, 15) is 21.6 Å². The molecule has 0 bridgehead atoms. The highest BCUT2D eigenvalue weighted by Gasteiger charge is 2.31. The molecule has 30 heavy (non-hydrogen) atoms.